The van der Waals surface area contributed by atoms with Gasteiger partial charge >= 0.3 is 0 Å². The summed E-state index contributed by atoms with van der Waals surface area (Å²) < 4.78 is 7.88. The van der Waals surface area contributed by atoms with Gasteiger partial charge in [0.1, 0.15) is 11.6 Å². The highest BCUT2D eigenvalue weighted by Crippen LogP contribution is 2.25. The van der Waals surface area contributed by atoms with Crippen LogP contribution in [0.5, 0.6) is 5.75 Å². The molecule has 2 rings (SSSR count). The first-order valence-electron chi connectivity index (χ1n) is 10.7. The van der Waals surface area contributed by atoms with Crippen LogP contribution in [-0.4, -0.2) is 22.1 Å². The zero-order valence-electron chi connectivity index (χ0n) is 19.7. The van der Waals surface area contributed by atoms with Crippen LogP contribution in [0.2, 0.25) is 0 Å². The Bertz CT molecular complexity index is 832. The number of benzene rings is 1. The molecule has 2 aromatic rings. The third-order valence-corrected chi connectivity index (χ3v) is 4.70. The molecular formula is C26H40N2O2. The topological polar surface area (TPSA) is 58.5 Å². The minimum atomic E-state index is 0. The van der Waals surface area contributed by atoms with Crippen LogP contribution >= 0.6 is 0 Å². The summed E-state index contributed by atoms with van der Waals surface area (Å²) in [4.78, 5) is 4.83. The molecule has 0 fully saturated rings. The second-order valence-corrected chi connectivity index (χ2v) is 6.81. The SMILES string of the molecule is C=Cc1nc(CCCc2cc(C(=C)C)ccc2OC)n(CCC)c1/C=C/C.CC.O. The van der Waals surface area contributed by atoms with Gasteiger partial charge in [0.25, 0.3) is 0 Å². The van der Waals surface area contributed by atoms with E-state index in [9.17, 15) is 0 Å². The first kappa shape index (κ1) is 27.4. The Morgan fingerprint density at radius 3 is 2.47 bits per heavy atom. The van der Waals surface area contributed by atoms with E-state index in [-0.39, 0.29) is 5.48 Å². The van der Waals surface area contributed by atoms with Gasteiger partial charge in [-0.2, -0.15) is 0 Å². The van der Waals surface area contributed by atoms with Gasteiger partial charge in [-0.15, -0.1) is 0 Å². The van der Waals surface area contributed by atoms with Gasteiger partial charge in [-0.3, -0.25) is 0 Å². The fraction of sp³-hybridized carbons (Fsp3) is 0.423. The van der Waals surface area contributed by atoms with Gasteiger partial charge < -0.3 is 14.8 Å². The normalized spacial score (nSPS) is 10.2. The number of hydrogen-bond donors (Lipinski definition) is 0. The predicted molar refractivity (Wildman–Crippen MR) is 132 cm³/mol. The molecule has 166 valence electrons. The fourth-order valence-electron chi connectivity index (χ4n) is 3.36. The van der Waals surface area contributed by atoms with Gasteiger partial charge in [0, 0.05) is 13.0 Å². The summed E-state index contributed by atoms with van der Waals surface area (Å²) in [5, 5.41) is 0. The molecule has 0 amide bonds. The van der Waals surface area contributed by atoms with Crippen LogP contribution in [0.3, 0.4) is 0 Å². The molecule has 30 heavy (non-hydrogen) atoms. The van der Waals surface area contributed by atoms with Crippen molar-refractivity contribution in [2.75, 3.05) is 7.11 Å². The molecule has 4 nitrogen and oxygen atoms in total. The Hall–Kier alpha value is -2.59. The van der Waals surface area contributed by atoms with E-state index in [2.05, 4.69) is 48.9 Å². The Kier molecular flexibility index (Phi) is 13.2. The Morgan fingerprint density at radius 2 is 1.93 bits per heavy atom. The van der Waals surface area contributed by atoms with Crippen molar-refractivity contribution < 1.29 is 10.2 Å². The molecule has 1 aromatic carbocycles. The lowest BCUT2D eigenvalue weighted by molar-refractivity contribution is 0.409. The first-order valence-corrected chi connectivity index (χ1v) is 10.7. The summed E-state index contributed by atoms with van der Waals surface area (Å²) in [6.07, 6.45) is 10.0. The summed E-state index contributed by atoms with van der Waals surface area (Å²) in [6.45, 7) is 19.2. The van der Waals surface area contributed by atoms with E-state index in [1.165, 1.54) is 11.1 Å². The standard InChI is InChI=1S/C24H32N2O.C2H6.H2O/c1-7-11-22-21(9-3)25-24(26(22)16-8-2)13-10-12-20-17-19(18(4)5)14-15-23(20)27-6;1-2;/h7,9,11,14-15,17H,3-4,8,10,12-13,16H2,1-2,5-6H3;1-2H3;1H2/b11-7+;;. The zero-order chi connectivity index (χ0) is 21.8. The van der Waals surface area contributed by atoms with Crippen LogP contribution in [-0.2, 0) is 19.4 Å². The molecule has 2 N–H and O–H groups in total. The summed E-state index contributed by atoms with van der Waals surface area (Å²) in [6, 6.07) is 6.30. The van der Waals surface area contributed by atoms with Crippen LogP contribution in [0, 0.1) is 0 Å². The monoisotopic (exact) mass is 412 g/mol. The Labute approximate surface area is 183 Å². The number of methoxy groups -OCH3 is 1. The average molecular weight is 413 g/mol. The third-order valence-electron chi connectivity index (χ3n) is 4.70. The minimum absolute atomic E-state index is 0. The molecular weight excluding hydrogens is 372 g/mol. The van der Waals surface area contributed by atoms with Crippen molar-refractivity contribution >= 4 is 17.7 Å². The number of nitrogens with zero attached hydrogens (tertiary/aromatic N) is 2. The van der Waals surface area contributed by atoms with Crippen LogP contribution in [0.4, 0.5) is 0 Å². The van der Waals surface area contributed by atoms with Crippen LogP contribution in [0.15, 0.2) is 37.4 Å². The molecule has 1 heterocycles. The fourth-order valence-corrected chi connectivity index (χ4v) is 3.36. The highest BCUT2D eigenvalue weighted by atomic mass is 16.5. The highest BCUT2D eigenvalue weighted by molar-refractivity contribution is 5.63. The number of hydrogen-bond acceptors (Lipinski definition) is 2. The van der Waals surface area contributed by atoms with Crippen molar-refractivity contribution in [3.8, 4) is 5.75 Å². The Balaban J connectivity index is 0.00000272. The number of rotatable bonds is 10. The molecule has 0 aliphatic carbocycles. The van der Waals surface area contributed by atoms with Gasteiger partial charge in [0.2, 0.25) is 0 Å². The van der Waals surface area contributed by atoms with E-state index in [1.807, 2.05) is 39.8 Å². The molecule has 0 aliphatic heterocycles. The van der Waals surface area contributed by atoms with Crippen molar-refractivity contribution in [3.05, 3.63) is 65.8 Å². The second kappa shape index (κ2) is 14.4. The van der Waals surface area contributed by atoms with Gasteiger partial charge in [-0.05, 0) is 68.5 Å². The Morgan fingerprint density at radius 1 is 1.23 bits per heavy atom. The maximum Gasteiger partial charge on any atom is 0.122 e. The van der Waals surface area contributed by atoms with E-state index in [4.69, 9.17) is 9.72 Å². The van der Waals surface area contributed by atoms with Crippen LogP contribution < -0.4 is 4.74 Å². The molecule has 0 spiro atoms. The molecule has 0 aliphatic rings. The lowest BCUT2D eigenvalue weighted by atomic mass is 10.0. The van der Waals surface area contributed by atoms with E-state index in [0.29, 0.717) is 0 Å². The first-order chi connectivity index (χ1) is 14.0. The zero-order valence-corrected chi connectivity index (χ0v) is 19.7. The maximum absolute atomic E-state index is 5.54. The summed E-state index contributed by atoms with van der Waals surface area (Å²) >= 11 is 0. The smallest absolute Gasteiger partial charge is 0.122 e. The molecule has 1 aromatic heterocycles. The van der Waals surface area contributed by atoms with Crippen LogP contribution in [0.25, 0.3) is 17.7 Å². The molecule has 4 heteroatoms. The number of aryl methyl sites for hydroxylation is 2. The van der Waals surface area contributed by atoms with Gasteiger partial charge in [-0.1, -0.05) is 51.6 Å². The average Bonchev–Trinajstić information content (AvgIpc) is 3.06. The molecule has 0 unspecified atom stereocenters. The molecule has 0 atom stereocenters. The van der Waals surface area contributed by atoms with Gasteiger partial charge in [0.15, 0.2) is 0 Å². The molecule has 0 bridgehead atoms. The largest absolute Gasteiger partial charge is 0.496 e. The second-order valence-electron chi connectivity index (χ2n) is 6.81. The van der Waals surface area contributed by atoms with E-state index in [0.717, 1.165) is 60.8 Å². The lowest BCUT2D eigenvalue weighted by Crippen LogP contribution is -2.06. The number of ether oxygens (including phenoxy) is 1. The highest BCUT2D eigenvalue weighted by Gasteiger charge is 2.13. The summed E-state index contributed by atoms with van der Waals surface area (Å²) in [5.74, 6) is 2.08. The predicted octanol–water partition coefficient (Wildman–Crippen LogP) is 6.39. The van der Waals surface area contributed by atoms with Crippen molar-refractivity contribution in [3.63, 3.8) is 0 Å². The maximum atomic E-state index is 5.54. The van der Waals surface area contributed by atoms with Gasteiger partial charge in [-0.25, -0.2) is 4.98 Å². The van der Waals surface area contributed by atoms with Crippen molar-refractivity contribution in [2.45, 2.75) is 66.8 Å². The number of allylic oxidation sites excluding steroid dienone is 2. The van der Waals surface area contributed by atoms with E-state index in [1.54, 1.807) is 7.11 Å². The quantitative estimate of drug-likeness (QED) is 0.454. The summed E-state index contributed by atoms with van der Waals surface area (Å²) in [5.41, 5.74) is 5.60. The molecule has 0 saturated heterocycles. The minimum Gasteiger partial charge on any atom is -0.496 e. The van der Waals surface area contributed by atoms with Crippen molar-refractivity contribution in [1.29, 1.82) is 0 Å². The van der Waals surface area contributed by atoms with E-state index < -0.39 is 0 Å². The number of imidazole rings is 1. The number of aromatic nitrogens is 2. The summed E-state index contributed by atoms with van der Waals surface area (Å²) in [7, 11) is 1.73. The van der Waals surface area contributed by atoms with E-state index >= 15 is 0 Å². The van der Waals surface area contributed by atoms with Crippen molar-refractivity contribution in [1.82, 2.24) is 9.55 Å². The molecule has 0 radical (unpaired) electrons. The third kappa shape index (κ3) is 7.03. The molecule has 0 saturated carbocycles. The van der Waals surface area contributed by atoms with Gasteiger partial charge in [0.05, 0.1) is 18.5 Å². The van der Waals surface area contributed by atoms with Crippen LogP contribution in [0.1, 0.15) is 75.8 Å². The lowest BCUT2D eigenvalue weighted by Gasteiger charge is -2.12. The van der Waals surface area contributed by atoms with Crippen molar-refractivity contribution in [2.24, 2.45) is 0 Å².